The van der Waals surface area contributed by atoms with Crippen LogP contribution in [0.5, 0.6) is 0 Å². The zero-order valence-electron chi connectivity index (χ0n) is 7.59. The van der Waals surface area contributed by atoms with Crippen LogP contribution in [0.15, 0.2) is 27.1 Å². The summed E-state index contributed by atoms with van der Waals surface area (Å²) in [6.45, 7) is 2.56. The monoisotopic (exact) mass is 319 g/mol. The minimum Gasteiger partial charge on any atom is -0.378 e. The van der Waals surface area contributed by atoms with Gasteiger partial charge in [0.05, 0.1) is 19.3 Å². The van der Waals surface area contributed by atoms with Gasteiger partial charge in [0.2, 0.25) is 0 Å². The lowest BCUT2D eigenvalue weighted by Crippen LogP contribution is -2.45. The molecule has 0 atom stereocenters. The summed E-state index contributed by atoms with van der Waals surface area (Å²) in [7, 11) is 0. The normalized spacial score (nSPS) is 16.7. The Bertz CT molecular complexity index is 326. The first kappa shape index (κ1) is 10.6. The predicted octanol–water partition coefficient (Wildman–Crippen LogP) is 2.70. The summed E-state index contributed by atoms with van der Waals surface area (Å²) >= 11 is 6.99. The van der Waals surface area contributed by atoms with Crippen molar-refractivity contribution in [3.8, 4) is 0 Å². The van der Waals surface area contributed by atoms with Crippen molar-refractivity contribution in [2.75, 3.05) is 13.2 Å². The fraction of sp³-hybridized carbons (Fsp3) is 0.400. The van der Waals surface area contributed by atoms with Crippen LogP contribution in [-0.2, 0) is 11.3 Å². The molecule has 0 spiro atoms. The highest BCUT2D eigenvalue weighted by Gasteiger charge is 2.17. The fourth-order valence-corrected chi connectivity index (χ4v) is 2.08. The second-order valence-corrected chi connectivity index (χ2v) is 5.12. The third-order valence-electron chi connectivity index (χ3n) is 2.23. The van der Waals surface area contributed by atoms with Crippen molar-refractivity contribution in [2.45, 2.75) is 12.6 Å². The van der Waals surface area contributed by atoms with Gasteiger partial charge in [-0.3, -0.25) is 0 Å². The van der Waals surface area contributed by atoms with Crippen LogP contribution in [0.1, 0.15) is 5.56 Å². The van der Waals surface area contributed by atoms with Gasteiger partial charge in [-0.2, -0.15) is 0 Å². The van der Waals surface area contributed by atoms with Crippen LogP contribution in [0, 0.1) is 0 Å². The summed E-state index contributed by atoms with van der Waals surface area (Å²) in [6.07, 6.45) is 0. The van der Waals surface area contributed by atoms with E-state index in [-0.39, 0.29) is 0 Å². The summed E-state index contributed by atoms with van der Waals surface area (Å²) in [6, 6.07) is 6.73. The molecule has 0 amide bonds. The molecule has 1 saturated heterocycles. The van der Waals surface area contributed by atoms with E-state index in [1.165, 1.54) is 5.56 Å². The van der Waals surface area contributed by atoms with Crippen LogP contribution in [0.2, 0.25) is 0 Å². The Labute approximate surface area is 100 Å². The van der Waals surface area contributed by atoms with Crippen molar-refractivity contribution in [1.82, 2.24) is 5.32 Å². The standard InChI is InChI=1S/C10H11Br2NO/c11-8-1-2-10(12)7(3-8)4-13-9-5-14-6-9/h1-3,9,13H,4-6H2. The minimum absolute atomic E-state index is 0.529. The maximum atomic E-state index is 5.09. The first-order valence-electron chi connectivity index (χ1n) is 4.51. The van der Waals surface area contributed by atoms with Crippen LogP contribution in [0.3, 0.4) is 0 Å². The number of ether oxygens (including phenoxy) is 1. The SMILES string of the molecule is Brc1ccc(Br)c(CNC2COC2)c1. The Kier molecular flexibility index (Phi) is 3.60. The lowest BCUT2D eigenvalue weighted by atomic mass is 10.2. The van der Waals surface area contributed by atoms with Crippen LogP contribution in [0.4, 0.5) is 0 Å². The van der Waals surface area contributed by atoms with E-state index in [0.29, 0.717) is 6.04 Å². The molecule has 1 fully saturated rings. The van der Waals surface area contributed by atoms with Crippen LogP contribution >= 0.6 is 31.9 Å². The summed E-state index contributed by atoms with van der Waals surface area (Å²) in [5.41, 5.74) is 1.27. The molecule has 14 heavy (non-hydrogen) atoms. The Balaban J connectivity index is 1.96. The molecular formula is C10H11Br2NO. The van der Waals surface area contributed by atoms with E-state index in [0.717, 1.165) is 28.7 Å². The Hall–Kier alpha value is 0.1000. The van der Waals surface area contributed by atoms with Gasteiger partial charge in [0.25, 0.3) is 0 Å². The van der Waals surface area contributed by atoms with Crippen molar-refractivity contribution >= 4 is 31.9 Å². The smallest absolute Gasteiger partial charge is 0.0643 e. The molecule has 1 aliphatic heterocycles. The third kappa shape index (κ3) is 2.57. The number of hydrogen-bond donors (Lipinski definition) is 1. The molecule has 76 valence electrons. The first-order valence-corrected chi connectivity index (χ1v) is 6.09. The Morgan fingerprint density at radius 1 is 1.36 bits per heavy atom. The lowest BCUT2D eigenvalue weighted by Gasteiger charge is -2.27. The van der Waals surface area contributed by atoms with E-state index in [9.17, 15) is 0 Å². The van der Waals surface area contributed by atoms with E-state index in [2.05, 4.69) is 49.3 Å². The quantitative estimate of drug-likeness (QED) is 0.924. The molecule has 1 N–H and O–H groups in total. The molecule has 1 aromatic rings. The number of rotatable bonds is 3. The van der Waals surface area contributed by atoms with Crippen molar-refractivity contribution in [3.05, 3.63) is 32.7 Å². The van der Waals surface area contributed by atoms with Crippen molar-refractivity contribution in [3.63, 3.8) is 0 Å². The highest BCUT2D eigenvalue weighted by molar-refractivity contribution is 9.11. The largest absolute Gasteiger partial charge is 0.378 e. The lowest BCUT2D eigenvalue weighted by molar-refractivity contribution is -0.00580. The predicted molar refractivity (Wildman–Crippen MR) is 63.3 cm³/mol. The summed E-state index contributed by atoms with van der Waals surface area (Å²) < 4.78 is 7.35. The van der Waals surface area contributed by atoms with Crippen LogP contribution in [-0.4, -0.2) is 19.3 Å². The molecule has 1 aliphatic rings. The van der Waals surface area contributed by atoms with Gasteiger partial charge < -0.3 is 10.1 Å². The molecule has 0 unspecified atom stereocenters. The summed E-state index contributed by atoms with van der Waals surface area (Å²) in [5.74, 6) is 0. The fourth-order valence-electron chi connectivity index (χ4n) is 1.29. The molecule has 0 bridgehead atoms. The molecule has 1 heterocycles. The zero-order chi connectivity index (χ0) is 9.97. The average molecular weight is 321 g/mol. The van der Waals surface area contributed by atoms with Gasteiger partial charge in [-0.1, -0.05) is 31.9 Å². The maximum absolute atomic E-state index is 5.09. The number of hydrogen-bond acceptors (Lipinski definition) is 2. The molecule has 2 nitrogen and oxygen atoms in total. The van der Waals surface area contributed by atoms with E-state index >= 15 is 0 Å². The highest BCUT2D eigenvalue weighted by Crippen LogP contribution is 2.21. The van der Waals surface area contributed by atoms with E-state index in [1.807, 2.05) is 6.07 Å². The molecule has 4 heteroatoms. The van der Waals surface area contributed by atoms with Gasteiger partial charge in [0.1, 0.15) is 0 Å². The van der Waals surface area contributed by atoms with Gasteiger partial charge in [-0.05, 0) is 23.8 Å². The van der Waals surface area contributed by atoms with Gasteiger partial charge in [-0.15, -0.1) is 0 Å². The topological polar surface area (TPSA) is 21.3 Å². The second-order valence-electron chi connectivity index (χ2n) is 3.35. The maximum Gasteiger partial charge on any atom is 0.0643 e. The van der Waals surface area contributed by atoms with Crippen molar-refractivity contribution in [1.29, 1.82) is 0 Å². The highest BCUT2D eigenvalue weighted by atomic mass is 79.9. The van der Waals surface area contributed by atoms with Gasteiger partial charge in [0, 0.05) is 15.5 Å². The van der Waals surface area contributed by atoms with E-state index < -0.39 is 0 Å². The molecule has 1 aromatic carbocycles. The number of nitrogens with one attached hydrogen (secondary N) is 1. The van der Waals surface area contributed by atoms with Crippen LogP contribution < -0.4 is 5.32 Å². The molecular weight excluding hydrogens is 310 g/mol. The average Bonchev–Trinajstić information content (AvgIpc) is 2.08. The number of halogens is 2. The van der Waals surface area contributed by atoms with E-state index in [4.69, 9.17) is 4.74 Å². The van der Waals surface area contributed by atoms with Crippen molar-refractivity contribution < 1.29 is 4.74 Å². The zero-order valence-corrected chi connectivity index (χ0v) is 10.8. The first-order chi connectivity index (χ1) is 6.75. The molecule has 0 radical (unpaired) electrons. The Morgan fingerprint density at radius 2 is 2.14 bits per heavy atom. The van der Waals surface area contributed by atoms with Gasteiger partial charge in [-0.25, -0.2) is 0 Å². The minimum atomic E-state index is 0.529. The van der Waals surface area contributed by atoms with E-state index in [1.54, 1.807) is 0 Å². The summed E-state index contributed by atoms with van der Waals surface area (Å²) in [4.78, 5) is 0. The van der Waals surface area contributed by atoms with Gasteiger partial charge >= 0.3 is 0 Å². The van der Waals surface area contributed by atoms with Gasteiger partial charge in [0.15, 0.2) is 0 Å². The molecule has 0 saturated carbocycles. The molecule has 2 rings (SSSR count). The number of benzene rings is 1. The molecule has 0 aromatic heterocycles. The molecule has 0 aliphatic carbocycles. The summed E-state index contributed by atoms with van der Waals surface area (Å²) in [5, 5.41) is 3.43. The Morgan fingerprint density at radius 3 is 2.79 bits per heavy atom. The second kappa shape index (κ2) is 4.75. The van der Waals surface area contributed by atoms with Crippen LogP contribution in [0.25, 0.3) is 0 Å². The third-order valence-corrected chi connectivity index (χ3v) is 3.49. The van der Waals surface area contributed by atoms with Crippen molar-refractivity contribution in [2.24, 2.45) is 0 Å².